The van der Waals surface area contributed by atoms with Gasteiger partial charge in [-0.25, -0.2) is 0 Å². The maximum Gasteiger partial charge on any atom is 0.0294 e. The van der Waals surface area contributed by atoms with Gasteiger partial charge in [-0.3, -0.25) is 0 Å². The quantitative estimate of drug-likeness (QED) is 0.787. The Morgan fingerprint density at radius 2 is 1.27 bits per heavy atom. The van der Waals surface area contributed by atoms with Crippen molar-refractivity contribution in [3.8, 4) is 0 Å². The standard InChI is InChI=1S/C14H23N/c1-10(2)13-6-8-14(9-7-13)12(5)15-11(3)4/h6-12,15H,1-5H3/t12-/m0/s1. The summed E-state index contributed by atoms with van der Waals surface area (Å²) in [5, 5.41) is 3.51. The van der Waals surface area contributed by atoms with Crippen molar-refractivity contribution in [2.45, 2.75) is 52.6 Å². The Bertz CT molecular complexity index is 285. The molecule has 1 rings (SSSR count). The van der Waals surface area contributed by atoms with E-state index < -0.39 is 0 Å². The summed E-state index contributed by atoms with van der Waals surface area (Å²) < 4.78 is 0. The molecule has 15 heavy (non-hydrogen) atoms. The van der Waals surface area contributed by atoms with E-state index in [1.54, 1.807) is 0 Å². The lowest BCUT2D eigenvalue weighted by atomic mass is 9.99. The average molecular weight is 205 g/mol. The van der Waals surface area contributed by atoms with Gasteiger partial charge in [-0.15, -0.1) is 0 Å². The molecular formula is C14H23N. The van der Waals surface area contributed by atoms with Crippen LogP contribution in [0.4, 0.5) is 0 Å². The topological polar surface area (TPSA) is 12.0 Å². The third-order valence-corrected chi connectivity index (χ3v) is 2.69. The van der Waals surface area contributed by atoms with Crippen LogP contribution in [0.25, 0.3) is 0 Å². The summed E-state index contributed by atoms with van der Waals surface area (Å²) in [4.78, 5) is 0. The summed E-state index contributed by atoms with van der Waals surface area (Å²) in [6, 6.07) is 9.90. The molecule has 1 heteroatoms. The van der Waals surface area contributed by atoms with Crippen LogP contribution in [0.15, 0.2) is 24.3 Å². The second-order valence-corrected chi connectivity index (χ2v) is 4.86. The Labute approximate surface area is 93.9 Å². The molecule has 0 fully saturated rings. The highest BCUT2D eigenvalue weighted by Crippen LogP contribution is 2.18. The summed E-state index contributed by atoms with van der Waals surface area (Å²) in [5.74, 6) is 0.618. The summed E-state index contributed by atoms with van der Waals surface area (Å²) in [6.07, 6.45) is 0. The maximum absolute atomic E-state index is 3.51. The molecule has 0 aromatic heterocycles. The SMILES string of the molecule is CC(C)N[C@@H](C)c1ccc(C(C)C)cc1. The molecule has 84 valence electrons. The second-order valence-electron chi connectivity index (χ2n) is 4.86. The zero-order chi connectivity index (χ0) is 11.4. The van der Waals surface area contributed by atoms with Crippen LogP contribution < -0.4 is 5.32 Å². The van der Waals surface area contributed by atoms with Crippen molar-refractivity contribution in [2.24, 2.45) is 0 Å². The number of rotatable bonds is 4. The summed E-state index contributed by atoms with van der Waals surface area (Å²) >= 11 is 0. The number of benzene rings is 1. The van der Waals surface area contributed by atoms with Crippen molar-refractivity contribution in [3.05, 3.63) is 35.4 Å². The number of hydrogen-bond donors (Lipinski definition) is 1. The number of hydrogen-bond acceptors (Lipinski definition) is 1. The molecule has 0 radical (unpaired) electrons. The van der Waals surface area contributed by atoms with Gasteiger partial charge in [0.2, 0.25) is 0 Å². The van der Waals surface area contributed by atoms with Gasteiger partial charge in [-0.2, -0.15) is 0 Å². The molecule has 1 atom stereocenters. The van der Waals surface area contributed by atoms with Crippen LogP contribution in [-0.4, -0.2) is 6.04 Å². The molecule has 0 aliphatic carbocycles. The predicted molar refractivity (Wildman–Crippen MR) is 67.2 cm³/mol. The molecular weight excluding hydrogens is 182 g/mol. The van der Waals surface area contributed by atoms with Gasteiger partial charge in [-0.05, 0) is 24.0 Å². The predicted octanol–water partition coefficient (Wildman–Crippen LogP) is 3.87. The molecule has 0 saturated heterocycles. The highest BCUT2D eigenvalue weighted by molar-refractivity contribution is 5.26. The molecule has 0 heterocycles. The summed E-state index contributed by atoms with van der Waals surface area (Å²) in [5.41, 5.74) is 2.78. The first-order chi connectivity index (χ1) is 7.00. The zero-order valence-corrected chi connectivity index (χ0v) is 10.5. The van der Waals surface area contributed by atoms with E-state index in [4.69, 9.17) is 0 Å². The molecule has 1 aromatic carbocycles. The molecule has 0 saturated carbocycles. The molecule has 0 amide bonds. The largest absolute Gasteiger partial charge is 0.308 e. The zero-order valence-electron chi connectivity index (χ0n) is 10.5. The Balaban J connectivity index is 2.71. The molecule has 1 nitrogen and oxygen atoms in total. The van der Waals surface area contributed by atoms with Gasteiger partial charge in [0.25, 0.3) is 0 Å². The smallest absolute Gasteiger partial charge is 0.0294 e. The van der Waals surface area contributed by atoms with Crippen LogP contribution >= 0.6 is 0 Å². The fourth-order valence-corrected chi connectivity index (χ4v) is 1.77. The summed E-state index contributed by atoms with van der Waals surface area (Å²) in [6.45, 7) is 11.0. The monoisotopic (exact) mass is 205 g/mol. The van der Waals surface area contributed by atoms with Crippen LogP contribution in [0.3, 0.4) is 0 Å². The average Bonchev–Trinajstić information content (AvgIpc) is 2.17. The van der Waals surface area contributed by atoms with Crippen LogP contribution in [-0.2, 0) is 0 Å². The fraction of sp³-hybridized carbons (Fsp3) is 0.571. The van der Waals surface area contributed by atoms with Gasteiger partial charge in [0.15, 0.2) is 0 Å². The van der Waals surface area contributed by atoms with Crippen LogP contribution in [0.1, 0.15) is 57.7 Å². The summed E-state index contributed by atoms with van der Waals surface area (Å²) in [7, 11) is 0. The first-order valence-corrected chi connectivity index (χ1v) is 5.86. The van der Waals surface area contributed by atoms with Crippen molar-refractivity contribution in [1.29, 1.82) is 0 Å². The van der Waals surface area contributed by atoms with E-state index in [9.17, 15) is 0 Å². The highest BCUT2D eigenvalue weighted by atomic mass is 14.9. The Hall–Kier alpha value is -0.820. The van der Waals surface area contributed by atoms with Crippen molar-refractivity contribution >= 4 is 0 Å². The molecule has 0 spiro atoms. The number of nitrogens with one attached hydrogen (secondary N) is 1. The van der Waals surface area contributed by atoms with E-state index in [1.807, 2.05) is 0 Å². The van der Waals surface area contributed by atoms with Gasteiger partial charge in [0, 0.05) is 12.1 Å². The maximum atomic E-state index is 3.51. The van der Waals surface area contributed by atoms with Crippen LogP contribution in [0.5, 0.6) is 0 Å². The third kappa shape index (κ3) is 3.67. The van der Waals surface area contributed by atoms with E-state index in [2.05, 4.69) is 64.2 Å². The second kappa shape index (κ2) is 5.32. The minimum Gasteiger partial charge on any atom is -0.308 e. The molecule has 0 aliphatic heterocycles. The Morgan fingerprint density at radius 3 is 1.67 bits per heavy atom. The molecule has 1 N–H and O–H groups in total. The molecule has 0 aliphatic rings. The normalized spacial score (nSPS) is 13.5. The van der Waals surface area contributed by atoms with E-state index in [1.165, 1.54) is 11.1 Å². The Kier molecular flexibility index (Phi) is 4.34. The van der Waals surface area contributed by atoms with Crippen molar-refractivity contribution < 1.29 is 0 Å². The molecule has 1 aromatic rings. The van der Waals surface area contributed by atoms with Crippen LogP contribution in [0.2, 0.25) is 0 Å². The lowest BCUT2D eigenvalue weighted by Crippen LogP contribution is -2.25. The van der Waals surface area contributed by atoms with Gasteiger partial charge in [0.05, 0.1) is 0 Å². The molecule has 0 bridgehead atoms. The van der Waals surface area contributed by atoms with Crippen molar-refractivity contribution in [1.82, 2.24) is 5.32 Å². The third-order valence-electron chi connectivity index (χ3n) is 2.69. The van der Waals surface area contributed by atoms with Gasteiger partial charge < -0.3 is 5.32 Å². The lowest BCUT2D eigenvalue weighted by Gasteiger charge is -2.17. The van der Waals surface area contributed by atoms with Crippen molar-refractivity contribution in [2.75, 3.05) is 0 Å². The van der Waals surface area contributed by atoms with Gasteiger partial charge in [0.1, 0.15) is 0 Å². The lowest BCUT2D eigenvalue weighted by molar-refractivity contribution is 0.506. The van der Waals surface area contributed by atoms with Crippen molar-refractivity contribution in [3.63, 3.8) is 0 Å². The van der Waals surface area contributed by atoms with Gasteiger partial charge >= 0.3 is 0 Å². The van der Waals surface area contributed by atoms with E-state index in [0.29, 0.717) is 18.0 Å². The van der Waals surface area contributed by atoms with E-state index in [0.717, 1.165) is 0 Å². The minimum atomic E-state index is 0.436. The van der Waals surface area contributed by atoms with Gasteiger partial charge in [-0.1, -0.05) is 52.0 Å². The Morgan fingerprint density at radius 1 is 0.800 bits per heavy atom. The van der Waals surface area contributed by atoms with E-state index in [-0.39, 0.29) is 0 Å². The minimum absolute atomic E-state index is 0.436. The van der Waals surface area contributed by atoms with Crippen LogP contribution in [0, 0.1) is 0 Å². The molecule has 0 unspecified atom stereocenters. The van der Waals surface area contributed by atoms with E-state index >= 15 is 0 Å². The first-order valence-electron chi connectivity index (χ1n) is 5.86. The first kappa shape index (κ1) is 12.3. The fourth-order valence-electron chi connectivity index (χ4n) is 1.77. The highest BCUT2D eigenvalue weighted by Gasteiger charge is 2.06.